The highest BCUT2D eigenvalue weighted by molar-refractivity contribution is 7.90. The molecule has 0 saturated carbocycles. The monoisotopic (exact) mass is 413 g/mol. The molecule has 3 aromatic rings. The SMILES string of the molecule is CC(=O)Nc1cc(-c2cnc(C)c(CS(=O)(=O)c3cccc(C)c3F)c2)ccn1. The zero-order valence-electron chi connectivity index (χ0n) is 16.2. The minimum atomic E-state index is -3.90. The summed E-state index contributed by atoms with van der Waals surface area (Å²) in [4.78, 5) is 19.3. The van der Waals surface area contributed by atoms with Crippen molar-refractivity contribution >= 4 is 21.6 Å². The molecular formula is C21H20FN3O3S. The third kappa shape index (κ3) is 4.65. The van der Waals surface area contributed by atoms with E-state index >= 15 is 0 Å². The minimum absolute atomic E-state index is 0.247. The number of hydrogen-bond acceptors (Lipinski definition) is 5. The van der Waals surface area contributed by atoms with E-state index in [1.807, 2.05) is 0 Å². The van der Waals surface area contributed by atoms with Gasteiger partial charge in [0, 0.05) is 30.6 Å². The third-order valence-electron chi connectivity index (χ3n) is 4.43. The Bertz CT molecular complexity index is 1190. The zero-order valence-corrected chi connectivity index (χ0v) is 17.0. The summed E-state index contributed by atoms with van der Waals surface area (Å²) >= 11 is 0. The summed E-state index contributed by atoms with van der Waals surface area (Å²) in [6.45, 7) is 4.61. The molecule has 6 nitrogen and oxygen atoms in total. The van der Waals surface area contributed by atoms with Crippen molar-refractivity contribution in [2.75, 3.05) is 5.32 Å². The van der Waals surface area contributed by atoms with Crippen LogP contribution in [0.3, 0.4) is 0 Å². The number of carbonyl (C=O) groups is 1. The van der Waals surface area contributed by atoms with Crippen molar-refractivity contribution in [3.05, 3.63) is 71.4 Å². The first kappa shape index (κ1) is 20.6. The van der Waals surface area contributed by atoms with Crippen LogP contribution in [0.15, 0.2) is 53.7 Å². The highest BCUT2D eigenvalue weighted by Crippen LogP contribution is 2.26. The van der Waals surface area contributed by atoms with Gasteiger partial charge in [-0.2, -0.15) is 0 Å². The van der Waals surface area contributed by atoms with Gasteiger partial charge in [-0.15, -0.1) is 0 Å². The maximum atomic E-state index is 14.4. The number of rotatable bonds is 5. The molecule has 0 spiro atoms. The number of carbonyl (C=O) groups excluding carboxylic acids is 1. The summed E-state index contributed by atoms with van der Waals surface area (Å²) in [6.07, 6.45) is 3.16. The number of nitrogens with one attached hydrogen (secondary N) is 1. The summed E-state index contributed by atoms with van der Waals surface area (Å²) in [6, 6.07) is 9.43. The van der Waals surface area contributed by atoms with Crippen LogP contribution in [-0.2, 0) is 20.4 Å². The van der Waals surface area contributed by atoms with Gasteiger partial charge in [0.25, 0.3) is 0 Å². The molecule has 0 aliphatic heterocycles. The first-order valence-corrected chi connectivity index (χ1v) is 10.5. The molecule has 0 bridgehead atoms. The lowest BCUT2D eigenvalue weighted by atomic mass is 10.1. The van der Waals surface area contributed by atoms with Crippen LogP contribution in [0.1, 0.15) is 23.7 Å². The van der Waals surface area contributed by atoms with E-state index in [9.17, 15) is 17.6 Å². The summed E-state index contributed by atoms with van der Waals surface area (Å²) in [5.74, 6) is -0.970. The maximum Gasteiger partial charge on any atom is 0.222 e. The molecule has 0 aliphatic carbocycles. The standard InChI is InChI=1S/C21H20FN3O3S/c1-13-5-4-6-19(21(13)22)29(27,28)12-18-9-17(11-24-14(18)2)16-7-8-23-20(10-16)25-15(3)26/h4-11H,12H2,1-3H3,(H,23,25,26). The number of aryl methyl sites for hydroxylation is 2. The van der Waals surface area contributed by atoms with Gasteiger partial charge < -0.3 is 5.32 Å². The van der Waals surface area contributed by atoms with Gasteiger partial charge in [-0.1, -0.05) is 12.1 Å². The molecule has 8 heteroatoms. The number of pyridine rings is 2. The molecule has 0 saturated heterocycles. The lowest BCUT2D eigenvalue weighted by Gasteiger charge is -2.11. The summed E-state index contributed by atoms with van der Waals surface area (Å²) in [7, 11) is -3.90. The van der Waals surface area contributed by atoms with E-state index in [0.717, 1.165) is 5.56 Å². The fourth-order valence-electron chi connectivity index (χ4n) is 2.88. The molecule has 0 aliphatic rings. The Morgan fingerprint density at radius 2 is 1.86 bits per heavy atom. The topological polar surface area (TPSA) is 89.0 Å². The number of sulfone groups is 1. The second-order valence-corrected chi connectivity index (χ2v) is 8.68. The van der Waals surface area contributed by atoms with Crippen molar-refractivity contribution in [3.63, 3.8) is 0 Å². The molecule has 1 N–H and O–H groups in total. The van der Waals surface area contributed by atoms with Crippen LogP contribution in [0.5, 0.6) is 0 Å². The number of anilines is 1. The minimum Gasteiger partial charge on any atom is -0.311 e. The molecule has 1 aromatic carbocycles. The van der Waals surface area contributed by atoms with E-state index < -0.39 is 15.7 Å². The van der Waals surface area contributed by atoms with Gasteiger partial charge >= 0.3 is 0 Å². The summed E-state index contributed by atoms with van der Waals surface area (Å²) < 4.78 is 40.0. The number of hydrogen-bond donors (Lipinski definition) is 1. The lowest BCUT2D eigenvalue weighted by molar-refractivity contribution is -0.114. The van der Waals surface area contributed by atoms with Gasteiger partial charge in [-0.25, -0.2) is 17.8 Å². The molecule has 150 valence electrons. The van der Waals surface area contributed by atoms with Crippen LogP contribution in [0, 0.1) is 19.7 Å². The quantitative estimate of drug-likeness (QED) is 0.687. The lowest BCUT2D eigenvalue weighted by Crippen LogP contribution is -2.10. The van der Waals surface area contributed by atoms with Crippen LogP contribution in [0.4, 0.5) is 10.2 Å². The second-order valence-electron chi connectivity index (χ2n) is 6.73. The Kier molecular flexibility index (Phi) is 5.74. The van der Waals surface area contributed by atoms with E-state index in [-0.39, 0.29) is 22.1 Å². The van der Waals surface area contributed by atoms with Crippen molar-refractivity contribution in [1.29, 1.82) is 0 Å². The normalized spacial score (nSPS) is 11.3. The van der Waals surface area contributed by atoms with Crippen LogP contribution in [-0.4, -0.2) is 24.3 Å². The fraction of sp³-hybridized carbons (Fsp3) is 0.190. The highest BCUT2D eigenvalue weighted by atomic mass is 32.2. The Hall–Kier alpha value is -3.13. The number of benzene rings is 1. The van der Waals surface area contributed by atoms with Crippen LogP contribution >= 0.6 is 0 Å². The number of amides is 1. The van der Waals surface area contributed by atoms with Gasteiger partial charge in [0.2, 0.25) is 5.91 Å². The predicted molar refractivity (Wildman–Crippen MR) is 109 cm³/mol. The van der Waals surface area contributed by atoms with Crippen LogP contribution < -0.4 is 5.32 Å². The molecule has 2 heterocycles. The average Bonchev–Trinajstić information content (AvgIpc) is 2.65. The van der Waals surface area contributed by atoms with Gasteiger partial charge in [0.05, 0.1) is 5.75 Å². The molecule has 3 rings (SSSR count). The van der Waals surface area contributed by atoms with Crippen molar-refractivity contribution < 1.29 is 17.6 Å². The molecular weight excluding hydrogens is 393 g/mol. The zero-order chi connectivity index (χ0) is 21.2. The number of aromatic nitrogens is 2. The van der Waals surface area contributed by atoms with Crippen LogP contribution in [0.25, 0.3) is 11.1 Å². The van der Waals surface area contributed by atoms with Gasteiger partial charge in [0.1, 0.15) is 16.5 Å². The molecule has 1 amide bonds. The van der Waals surface area contributed by atoms with Gasteiger partial charge in [0.15, 0.2) is 9.84 Å². The Balaban J connectivity index is 1.98. The molecule has 0 atom stereocenters. The van der Waals surface area contributed by atoms with E-state index in [1.165, 1.54) is 32.0 Å². The van der Waals surface area contributed by atoms with E-state index in [1.54, 1.807) is 37.5 Å². The van der Waals surface area contributed by atoms with Gasteiger partial charge in [-0.3, -0.25) is 9.78 Å². The van der Waals surface area contributed by atoms with Crippen molar-refractivity contribution in [2.24, 2.45) is 0 Å². The first-order valence-electron chi connectivity index (χ1n) is 8.85. The smallest absolute Gasteiger partial charge is 0.222 e. The first-order chi connectivity index (χ1) is 13.7. The maximum absolute atomic E-state index is 14.4. The van der Waals surface area contributed by atoms with Gasteiger partial charge in [-0.05, 0) is 54.8 Å². The highest BCUT2D eigenvalue weighted by Gasteiger charge is 2.22. The van der Waals surface area contributed by atoms with Crippen molar-refractivity contribution in [3.8, 4) is 11.1 Å². The predicted octanol–water partition coefficient (Wildman–Crippen LogP) is 3.83. The summed E-state index contributed by atoms with van der Waals surface area (Å²) in [5, 5.41) is 2.60. The van der Waals surface area contributed by atoms with Crippen molar-refractivity contribution in [2.45, 2.75) is 31.4 Å². The molecule has 2 aromatic heterocycles. The van der Waals surface area contributed by atoms with E-state index in [2.05, 4.69) is 15.3 Å². The largest absolute Gasteiger partial charge is 0.311 e. The van der Waals surface area contributed by atoms with Crippen molar-refractivity contribution in [1.82, 2.24) is 9.97 Å². The number of nitrogens with zero attached hydrogens (tertiary/aromatic N) is 2. The molecule has 0 fully saturated rings. The average molecular weight is 413 g/mol. The van der Waals surface area contributed by atoms with E-state index in [0.29, 0.717) is 22.6 Å². The van der Waals surface area contributed by atoms with E-state index in [4.69, 9.17) is 0 Å². The Morgan fingerprint density at radius 3 is 2.59 bits per heavy atom. The third-order valence-corrected chi connectivity index (χ3v) is 6.10. The summed E-state index contributed by atoms with van der Waals surface area (Å²) in [5.41, 5.74) is 2.68. The fourth-order valence-corrected chi connectivity index (χ4v) is 4.46. The number of halogens is 1. The molecule has 29 heavy (non-hydrogen) atoms. The second kappa shape index (κ2) is 8.08. The molecule has 0 radical (unpaired) electrons. The Morgan fingerprint density at radius 1 is 1.10 bits per heavy atom. The van der Waals surface area contributed by atoms with Crippen LogP contribution in [0.2, 0.25) is 0 Å². The molecule has 0 unspecified atom stereocenters. The Labute approximate surface area is 168 Å².